The smallest absolute Gasteiger partial charge is 0.335 e. The minimum atomic E-state index is -1.27. The number of rotatable bonds is 5. The van der Waals surface area contributed by atoms with Crippen molar-refractivity contribution < 1.29 is 29.4 Å². The molecule has 7 heteroatoms. The van der Waals surface area contributed by atoms with Crippen LogP contribution in [0.25, 0.3) is 0 Å². The first kappa shape index (κ1) is 15.7. The van der Waals surface area contributed by atoms with Gasteiger partial charge in [-0.3, -0.25) is 14.5 Å². The van der Waals surface area contributed by atoms with Gasteiger partial charge in [0.15, 0.2) is 0 Å². The summed E-state index contributed by atoms with van der Waals surface area (Å²) in [5.74, 6) is -4.38. The van der Waals surface area contributed by atoms with Gasteiger partial charge in [-0.1, -0.05) is 20.3 Å². The van der Waals surface area contributed by atoms with Gasteiger partial charge in [-0.05, 0) is 24.1 Å². The van der Waals surface area contributed by atoms with Gasteiger partial charge in [-0.25, -0.2) is 9.59 Å². The average Bonchev–Trinajstić information content (AvgIpc) is 2.71. The molecule has 22 heavy (non-hydrogen) atoms. The number of hydrogen-bond donors (Lipinski definition) is 2. The van der Waals surface area contributed by atoms with E-state index in [0.717, 1.165) is 6.07 Å². The van der Waals surface area contributed by atoms with Gasteiger partial charge in [-0.15, -0.1) is 0 Å². The highest BCUT2D eigenvalue weighted by atomic mass is 16.4. The minimum Gasteiger partial charge on any atom is -0.480 e. The van der Waals surface area contributed by atoms with E-state index in [9.17, 15) is 24.3 Å². The molecule has 0 saturated heterocycles. The summed E-state index contributed by atoms with van der Waals surface area (Å²) in [4.78, 5) is 47.9. The number of amides is 2. The molecule has 0 fully saturated rings. The fourth-order valence-corrected chi connectivity index (χ4v) is 2.48. The van der Waals surface area contributed by atoms with Crippen molar-refractivity contribution in [3.63, 3.8) is 0 Å². The first-order valence-corrected chi connectivity index (χ1v) is 6.77. The number of aromatic carboxylic acids is 1. The number of aliphatic carboxylic acids is 1. The molecule has 1 unspecified atom stereocenters. The Kier molecular flexibility index (Phi) is 3.99. The maximum atomic E-state index is 12.4. The molecule has 1 aliphatic heterocycles. The monoisotopic (exact) mass is 305 g/mol. The third-order valence-corrected chi connectivity index (χ3v) is 3.88. The van der Waals surface area contributed by atoms with Crippen LogP contribution in [0.1, 0.15) is 51.3 Å². The van der Waals surface area contributed by atoms with Gasteiger partial charge in [0, 0.05) is 0 Å². The number of imide groups is 1. The van der Waals surface area contributed by atoms with Crippen molar-refractivity contribution in [1.82, 2.24) is 4.90 Å². The van der Waals surface area contributed by atoms with Gasteiger partial charge in [-0.2, -0.15) is 0 Å². The molecule has 0 aliphatic carbocycles. The normalized spacial score (nSPS) is 16.4. The molecule has 2 amide bonds. The van der Waals surface area contributed by atoms with E-state index in [-0.39, 0.29) is 16.7 Å². The van der Waals surface area contributed by atoms with E-state index in [1.807, 2.05) is 0 Å². The highest BCUT2D eigenvalue weighted by Crippen LogP contribution is 2.29. The Morgan fingerprint density at radius 1 is 1.14 bits per heavy atom. The standard InChI is InChI=1S/C15H15NO6/c1-3-7(2)11(15(21)22)16-12(17)9-5-4-8(14(19)20)6-10(9)13(16)18/h4-7,11H,3H2,1-2H3,(H,19,20)(H,21,22)/t7?,11-/m1/s1. The lowest BCUT2D eigenvalue weighted by Crippen LogP contribution is -2.48. The molecular formula is C15H15NO6. The molecule has 0 aromatic heterocycles. The molecule has 1 aromatic carbocycles. The lowest BCUT2D eigenvalue weighted by atomic mass is 9.98. The van der Waals surface area contributed by atoms with Gasteiger partial charge >= 0.3 is 11.9 Å². The van der Waals surface area contributed by atoms with Gasteiger partial charge in [0.2, 0.25) is 0 Å². The molecular weight excluding hydrogens is 290 g/mol. The van der Waals surface area contributed by atoms with Crippen LogP contribution in [0.4, 0.5) is 0 Å². The average molecular weight is 305 g/mol. The van der Waals surface area contributed by atoms with Crippen LogP contribution >= 0.6 is 0 Å². The van der Waals surface area contributed by atoms with Crippen molar-refractivity contribution >= 4 is 23.8 Å². The zero-order valence-corrected chi connectivity index (χ0v) is 12.1. The molecule has 0 saturated carbocycles. The quantitative estimate of drug-likeness (QED) is 0.797. The van der Waals surface area contributed by atoms with E-state index >= 15 is 0 Å². The van der Waals surface area contributed by atoms with Crippen molar-refractivity contribution in [2.45, 2.75) is 26.3 Å². The van der Waals surface area contributed by atoms with Crippen molar-refractivity contribution in [2.75, 3.05) is 0 Å². The number of fused-ring (bicyclic) bond motifs is 1. The summed E-state index contributed by atoms with van der Waals surface area (Å²) in [7, 11) is 0. The molecule has 0 spiro atoms. The van der Waals surface area contributed by atoms with E-state index in [1.54, 1.807) is 13.8 Å². The molecule has 2 atom stereocenters. The number of carbonyl (C=O) groups excluding carboxylic acids is 2. The Balaban J connectivity index is 2.50. The van der Waals surface area contributed by atoms with Gasteiger partial charge in [0.1, 0.15) is 6.04 Å². The zero-order valence-electron chi connectivity index (χ0n) is 12.1. The van der Waals surface area contributed by atoms with E-state index in [0.29, 0.717) is 11.3 Å². The summed E-state index contributed by atoms with van der Waals surface area (Å²) in [6.07, 6.45) is 0.477. The second-order valence-electron chi connectivity index (χ2n) is 5.21. The second-order valence-corrected chi connectivity index (χ2v) is 5.21. The van der Waals surface area contributed by atoms with Crippen molar-refractivity contribution in [3.05, 3.63) is 34.9 Å². The lowest BCUT2D eigenvalue weighted by Gasteiger charge is -2.27. The number of nitrogens with zero attached hydrogens (tertiary/aromatic N) is 1. The number of hydrogen-bond acceptors (Lipinski definition) is 4. The molecule has 1 heterocycles. The molecule has 2 N–H and O–H groups in total. The van der Waals surface area contributed by atoms with Gasteiger partial charge in [0.25, 0.3) is 11.8 Å². The van der Waals surface area contributed by atoms with Gasteiger partial charge < -0.3 is 10.2 Å². The van der Waals surface area contributed by atoms with E-state index in [4.69, 9.17) is 5.11 Å². The van der Waals surface area contributed by atoms with Crippen molar-refractivity contribution in [1.29, 1.82) is 0 Å². The summed E-state index contributed by atoms with van der Waals surface area (Å²) in [5, 5.41) is 18.3. The number of carboxylic acids is 2. The van der Waals surface area contributed by atoms with Crippen LogP contribution in [-0.2, 0) is 4.79 Å². The predicted molar refractivity (Wildman–Crippen MR) is 74.8 cm³/mol. The van der Waals surface area contributed by atoms with Crippen LogP contribution in [0, 0.1) is 5.92 Å². The summed E-state index contributed by atoms with van der Waals surface area (Å²) >= 11 is 0. The van der Waals surface area contributed by atoms with Crippen LogP contribution in [0.3, 0.4) is 0 Å². The number of carbonyl (C=O) groups is 4. The van der Waals surface area contributed by atoms with Gasteiger partial charge in [0.05, 0.1) is 16.7 Å². The fraction of sp³-hybridized carbons (Fsp3) is 0.333. The zero-order chi connectivity index (χ0) is 16.6. The molecule has 7 nitrogen and oxygen atoms in total. The van der Waals surface area contributed by atoms with E-state index < -0.39 is 35.7 Å². The summed E-state index contributed by atoms with van der Waals surface area (Å²) < 4.78 is 0. The first-order chi connectivity index (χ1) is 10.3. The Morgan fingerprint density at radius 3 is 2.23 bits per heavy atom. The molecule has 0 radical (unpaired) electrons. The predicted octanol–water partition coefficient (Wildman–Crippen LogP) is 1.48. The Labute approximate surface area is 126 Å². The Morgan fingerprint density at radius 2 is 1.73 bits per heavy atom. The molecule has 1 aromatic rings. The molecule has 2 rings (SSSR count). The van der Waals surface area contributed by atoms with Crippen LogP contribution in [0.5, 0.6) is 0 Å². The first-order valence-electron chi connectivity index (χ1n) is 6.77. The highest BCUT2D eigenvalue weighted by Gasteiger charge is 2.44. The largest absolute Gasteiger partial charge is 0.480 e. The summed E-state index contributed by atoms with van der Waals surface area (Å²) in [6.45, 7) is 3.41. The second kappa shape index (κ2) is 5.59. The Hall–Kier alpha value is -2.70. The van der Waals surface area contributed by atoms with E-state index in [2.05, 4.69) is 0 Å². The maximum Gasteiger partial charge on any atom is 0.335 e. The molecule has 0 bridgehead atoms. The third-order valence-electron chi connectivity index (χ3n) is 3.88. The highest BCUT2D eigenvalue weighted by molar-refractivity contribution is 6.23. The third kappa shape index (κ3) is 2.34. The van der Waals surface area contributed by atoms with Crippen LogP contribution in [0.15, 0.2) is 18.2 Å². The number of benzene rings is 1. The number of carboxylic acid groups (broad SMARTS) is 2. The molecule has 116 valence electrons. The van der Waals surface area contributed by atoms with Crippen LogP contribution < -0.4 is 0 Å². The van der Waals surface area contributed by atoms with Crippen molar-refractivity contribution in [3.8, 4) is 0 Å². The topological polar surface area (TPSA) is 112 Å². The Bertz CT molecular complexity index is 681. The lowest BCUT2D eigenvalue weighted by molar-refractivity contribution is -0.143. The summed E-state index contributed by atoms with van der Waals surface area (Å²) in [6, 6.07) is 2.29. The molecule has 1 aliphatic rings. The van der Waals surface area contributed by atoms with Crippen LogP contribution in [-0.4, -0.2) is 44.9 Å². The maximum absolute atomic E-state index is 12.4. The van der Waals surface area contributed by atoms with E-state index in [1.165, 1.54) is 12.1 Å². The van der Waals surface area contributed by atoms with Crippen LogP contribution in [0.2, 0.25) is 0 Å². The minimum absolute atomic E-state index is 0.0320. The summed E-state index contributed by atoms with van der Waals surface area (Å²) in [5.41, 5.74) is -0.166. The SMILES string of the molecule is CCC(C)[C@H](C(=O)O)N1C(=O)c2ccc(C(=O)O)cc2C1=O. The van der Waals surface area contributed by atoms with Crippen molar-refractivity contribution in [2.24, 2.45) is 5.92 Å². The fourth-order valence-electron chi connectivity index (χ4n) is 2.48.